The number of aromatic nitrogens is 3. The van der Waals surface area contributed by atoms with Gasteiger partial charge in [0.05, 0.1) is 33.1 Å². The molecule has 81 heavy (non-hydrogen) atoms. The van der Waals surface area contributed by atoms with E-state index in [4.69, 9.17) is 0 Å². The lowest BCUT2D eigenvalue weighted by molar-refractivity contribution is 0.649. The summed E-state index contributed by atoms with van der Waals surface area (Å²) < 4.78 is 7.30. The van der Waals surface area contributed by atoms with Crippen LogP contribution in [0.1, 0.15) is 50.4 Å². The Bertz CT molecular complexity index is 4650. The Kier molecular flexibility index (Phi) is 10.6. The zero-order valence-electron chi connectivity index (χ0n) is 45.8. The molecule has 384 valence electrons. The van der Waals surface area contributed by atoms with Gasteiger partial charge in [0, 0.05) is 61.2 Å². The minimum Gasteiger partial charge on any atom is -0.309 e. The molecule has 0 spiro atoms. The Labute approximate surface area is 471 Å². The molecule has 0 radical (unpaired) electrons. The molecule has 11 aromatic carbocycles. The Balaban J connectivity index is 0.822. The van der Waals surface area contributed by atoms with Crippen LogP contribution in [0.2, 0.25) is 0 Å². The zero-order chi connectivity index (χ0) is 54.0. The summed E-state index contributed by atoms with van der Waals surface area (Å²) in [6.45, 7) is 8.73. The number of allylic oxidation sites excluding steroid dienone is 5. The second-order valence-corrected chi connectivity index (χ2v) is 22.8. The monoisotopic (exact) mass is 1040 g/mol. The minimum absolute atomic E-state index is 0.236. The summed E-state index contributed by atoms with van der Waals surface area (Å²) in [4.78, 5) is 0. The summed E-state index contributed by atoms with van der Waals surface area (Å²) in [6.07, 6.45) is 9.19. The van der Waals surface area contributed by atoms with Crippen molar-refractivity contribution in [2.45, 2.75) is 33.6 Å². The molecular weight excluding hydrogens is 979 g/mol. The Morgan fingerprint density at radius 2 is 0.679 bits per heavy atom. The van der Waals surface area contributed by atoms with Crippen LogP contribution >= 0.6 is 0 Å². The number of hydrogen-bond donors (Lipinski definition) is 0. The van der Waals surface area contributed by atoms with E-state index in [2.05, 4.69) is 302 Å². The summed E-state index contributed by atoms with van der Waals surface area (Å²) >= 11 is 0. The summed E-state index contributed by atoms with van der Waals surface area (Å²) in [7, 11) is 0. The summed E-state index contributed by atoms with van der Waals surface area (Å²) in [5.41, 5.74) is 28.5. The third-order valence-electron chi connectivity index (χ3n) is 17.7. The van der Waals surface area contributed by atoms with Gasteiger partial charge in [-0.3, -0.25) is 0 Å². The van der Waals surface area contributed by atoms with Crippen molar-refractivity contribution in [2.24, 2.45) is 5.92 Å². The van der Waals surface area contributed by atoms with Gasteiger partial charge in [0.1, 0.15) is 0 Å². The molecule has 0 bridgehead atoms. The Morgan fingerprint density at radius 3 is 1.12 bits per heavy atom. The van der Waals surface area contributed by atoms with E-state index in [-0.39, 0.29) is 11.8 Å². The molecule has 0 amide bonds. The first-order valence-corrected chi connectivity index (χ1v) is 28.5. The van der Waals surface area contributed by atoms with Crippen molar-refractivity contribution >= 4 is 71.0 Å². The van der Waals surface area contributed by atoms with Gasteiger partial charge in [-0.1, -0.05) is 174 Å². The van der Waals surface area contributed by atoms with E-state index in [1.807, 2.05) is 0 Å². The maximum atomic E-state index is 2.47. The minimum atomic E-state index is 0.236. The predicted molar refractivity (Wildman–Crippen MR) is 342 cm³/mol. The molecule has 14 aromatic rings. The molecule has 3 aromatic heterocycles. The molecule has 0 saturated carbocycles. The lowest BCUT2D eigenvalue weighted by Crippen LogP contribution is -2.22. The highest BCUT2D eigenvalue weighted by atomic mass is 15.0. The highest BCUT2D eigenvalue weighted by molar-refractivity contribution is 6.13. The maximum absolute atomic E-state index is 2.47. The summed E-state index contributed by atoms with van der Waals surface area (Å²) in [6, 6.07) is 89.2. The standard InChI is InChI=1S/C78H57N3/c1-48-18-36-71-65(42-48)66-43-49(2)19-37-72(66)79(71)58-30-22-52(23-31-58)56-28-40-75-69(46-56)70-47-57(53-24-32-59(33-25-53)80-73-38-20-50(3)44-67(73)68-45-51(4)21-39-74(68)80)29-41-76(70)81(75)60-34-26-55(27-35-60)78-63-16-10-8-14-61(63)77(54-12-6-5-7-13-54)62-15-9-11-17-64(62)78/h5-47,61,77H,1-4H3. The average Bonchev–Trinajstić information content (AvgIpc) is 4.28. The van der Waals surface area contributed by atoms with Crippen LogP contribution in [0.4, 0.5) is 0 Å². The van der Waals surface area contributed by atoms with Gasteiger partial charge in [0.2, 0.25) is 0 Å². The van der Waals surface area contributed by atoms with Crippen molar-refractivity contribution in [1.29, 1.82) is 0 Å². The van der Waals surface area contributed by atoms with Crippen molar-refractivity contribution < 1.29 is 0 Å². The number of fused-ring (bicyclic) bond motifs is 11. The van der Waals surface area contributed by atoms with E-state index >= 15 is 0 Å². The van der Waals surface area contributed by atoms with Gasteiger partial charge in [-0.25, -0.2) is 0 Å². The topological polar surface area (TPSA) is 14.8 Å². The fraction of sp³-hybridized carbons (Fsp3) is 0.0769. The molecule has 16 rings (SSSR count). The highest BCUT2D eigenvalue weighted by Crippen LogP contribution is 2.50. The molecule has 0 N–H and O–H groups in total. The third-order valence-corrected chi connectivity index (χ3v) is 17.7. The normalized spacial score (nSPS) is 15.0. The van der Waals surface area contributed by atoms with E-state index in [1.54, 1.807) is 0 Å². The van der Waals surface area contributed by atoms with Gasteiger partial charge >= 0.3 is 0 Å². The first kappa shape index (κ1) is 47.1. The maximum Gasteiger partial charge on any atom is 0.0541 e. The van der Waals surface area contributed by atoms with Gasteiger partial charge in [0.25, 0.3) is 0 Å². The Hall–Kier alpha value is -9.96. The molecule has 2 aliphatic carbocycles. The number of hydrogen-bond acceptors (Lipinski definition) is 0. The molecule has 0 aliphatic heterocycles. The van der Waals surface area contributed by atoms with Crippen LogP contribution in [0.25, 0.3) is 110 Å². The number of nitrogens with zero attached hydrogens (tertiary/aromatic N) is 3. The fourth-order valence-corrected chi connectivity index (χ4v) is 13.9. The van der Waals surface area contributed by atoms with Crippen molar-refractivity contribution in [2.75, 3.05) is 0 Å². The van der Waals surface area contributed by atoms with E-state index in [0.29, 0.717) is 0 Å². The lowest BCUT2D eigenvalue weighted by atomic mass is 9.66. The van der Waals surface area contributed by atoms with Crippen LogP contribution in [0.15, 0.2) is 266 Å². The van der Waals surface area contributed by atoms with Crippen LogP contribution in [-0.2, 0) is 0 Å². The molecule has 3 heteroatoms. The van der Waals surface area contributed by atoms with Gasteiger partial charge in [-0.15, -0.1) is 0 Å². The molecule has 2 aliphatic rings. The second kappa shape index (κ2) is 18.3. The van der Waals surface area contributed by atoms with Crippen molar-refractivity contribution in [3.05, 3.63) is 311 Å². The van der Waals surface area contributed by atoms with E-state index in [0.717, 1.165) is 17.1 Å². The van der Waals surface area contributed by atoms with Gasteiger partial charge < -0.3 is 13.7 Å². The summed E-state index contributed by atoms with van der Waals surface area (Å²) in [5, 5.41) is 7.60. The molecule has 3 nitrogen and oxygen atoms in total. The van der Waals surface area contributed by atoms with Crippen LogP contribution in [0.5, 0.6) is 0 Å². The first-order valence-electron chi connectivity index (χ1n) is 28.5. The molecule has 2 atom stereocenters. The quantitative estimate of drug-likeness (QED) is 0.151. The molecule has 0 saturated heterocycles. The Morgan fingerprint density at radius 1 is 0.309 bits per heavy atom. The largest absolute Gasteiger partial charge is 0.309 e. The zero-order valence-corrected chi connectivity index (χ0v) is 45.8. The number of aryl methyl sites for hydroxylation is 4. The molecule has 3 heterocycles. The van der Waals surface area contributed by atoms with E-state index < -0.39 is 0 Å². The first-order chi connectivity index (χ1) is 39.8. The van der Waals surface area contributed by atoms with Gasteiger partial charge in [0.15, 0.2) is 0 Å². The van der Waals surface area contributed by atoms with Crippen LogP contribution < -0.4 is 0 Å². The van der Waals surface area contributed by atoms with Crippen LogP contribution in [0, 0.1) is 33.6 Å². The molecule has 0 fully saturated rings. The van der Waals surface area contributed by atoms with E-state index in [1.165, 1.54) is 143 Å². The third kappa shape index (κ3) is 7.49. The smallest absolute Gasteiger partial charge is 0.0541 e. The van der Waals surface area contributed by atoms with Crippen LogP contribution in [0.3, 0.4) is 0 Å². The second-order valence-electron chi connectivity index (χ2n) is 22.8. The van der Waals surface area contributed by atoms with Crippen molar-refractivity contribution in [3.8, 4) is 39.3 Å². The lowest BCUT2D eigenvalue weighted by Gasteiger charge is -2.36. The number of benzene rings is 11. The SMILES string of the molecule is Cc1ccc2c(c1)c1cc(C)ccc1n2-c1ccc(-c2ccc3c(c2)c2cc(-c4ccc(-n5c6ccc(C)cc6c6cc(C)ccc65)cc4)ccc2n3-c2ccc(C3=C4C=CC=CC4C(c4ccccc4)c4ccccc43)cc2)cc1. The van der Waals surface area contributed by atoms with E-state index in [9.17, 15) is 0 Å². The van der Waals surface area contributed by atoms with Crippen molar-refractivity contribution in [1.82, 2.24) is 13.7 Å². The van der Waals surface area contributed by atoms with Gasteiger partial charge in [-0.05, 0) is 193 Å². The average molecular weight is 1040 g/mol. The van der Waals surface area contributed by atoms with Crippen molar-refractivity contribution in [3.63, 3.8) is 0 Å². The van der Waals surface area contributed by atoms with Gasteiger partial charge in [-0.2, -0.15) is 0 Å². The highest BCUT2D eigenvalue weighted by Gasteiger charge is 2.35. The fourth-order valence-electron chi connectivity index (χ4n) is 13.9. The predicted octanol–water partition coefficient (Wildman–Crippen LogP) is 20.2. The summed E-state index contributed by atoms with van der Waals surface area (Å²) in [5.74, 6) is 0.479. The van der Waals surface area contributed by atoms with Crippen LogP contribution in [-0.4, -0.2) is 13.7 Å². The molecular formula is C78H57N3. The number of rotatable bonds is 7. The molecule has 2 unspecified atom stereocenters.